The van der Waals surface area contributed by atoms with Gasteiger partial charge in [0.15, 0.2) is 0 Å². The minimum Gasteiger partial charge on any atom is -0.344 e. The summed E-state index contributed by atoms with van der Waals surface area (Å²) in [6.07, 6.45) is 3.03. The summed E-state index contributed by atoms with van der Waals surface area (Å²) < 4.78 is 0. The number of carbonyl (C=O) groups is 2. The molecule has 16 heavy (non-hydrogen) atoms. The van der Waals surface area contributed by atoms with Gasteiger partial charge in [0.25, 0.3) is 0 Å². The molecule has 2 amide bonds. The predicted octanol–water partition coefficient (Wildman–Crippen LogP) is 0.417. The summed E-state index contributed by atoms with van der Waals surface area (Å²) in [5, 5.41) is 10.9. The monoisotopic (exact) mass is 223 g/mol. The second-order valence-electron chi connectivity index (χ2n) is 4.01. The largest absolute Gasteiger partial charge is 0.344 e. The summed E-state index contributed by atoms with van der Waals surface area (Å²) in [6.45, 7) is 3.21. The van der Waals surface area contributed by atoms with E-state index in [-0.39, 0.29) is 18.2 Å². The number of hydrogen-bond acceptors (Lipinski definition) is 3. The summed E-state index contributed by atoms with van der Waals surface area (Å²) >= 11 is 0. The highest BCUT2D eigenvalue weighted by atomic mass is 16.2. The van der Waals surface area contributed by atoms with E-state index in [2.05, 4.69) is 5.32 Å². The zero-order valence-corrected chi connectivity index (χ0v) is 9.53. The van der Waals surface area contributed by atoms with Crippen molar-refractivity contribution in [1.82, 2.24) is 10.2 Å². The van der Waals surface area contributed by atoms with Gasteiger partial charge in [0, 0.05) is 13.1 Å². The second kappa shape index (κ2) is 6.11. The Kier molecular flexibility index (Phi) is 4.77. The molecule has 0 bridgehead atoms. The molecule has 1 N–H and O–H groups in total. The average molecular weight is 223 g/mol. The highest BCUT2D eigenvalue weighted by Crippen LogP contribution is 2.09. The van der Waals surface area contributed by atoms with Crippen LogP contribution in [-0.4, -0.2) is 35.8 Å². The molecular formula is C11H17N3O2. The highest BCUT2D eigenvalue weighted by molar-refractivity contribution is 5.88. The van der Waals surface area contributed by atoms with Gasteiger partial charge in [-0.05, 0) is 26.2 Å². The van der Waals surface area contributed by atoms with Crippen LogP contribution in [0.2, 0.25) is 0 Å². The zero-order valence-electron chi connectivity index (χ0n) is 9.53. The Morgan fingerprint density at radius 3 is 2.56 bits per heavy atom. The van der Waals surface area contributed by atoms with Gasteiger partial charge < -0.3 is 10.2 Å². The number of carbonyl (C=O) groups excluding carboxylic acids is 2. The number of amides is 2. The van der Waals surface area contributed by atoms with E-state index >= 15 is 0 Å². The first kappa shape index (κ1) is 12.5. The molecule has 5 nitrogen and oxygen atoms in total. The first-order chi connectivity index (χ1) is 7.65. The summed E-state index contributed by atoms with van der Waals surface area (Å²) in [6, 6.07) is 1.23. The maximum absolute atomic E-state index is 11.9. The Morgan fingerprint density at radius 2 is 2.00 bits per heavy atom. The fraction of sp³-hybridized carbons (Fsp3) is 0.727. The molecule has 0 aromatic carbocycles. The van der Waals surface area contributed by atoms with E-state index in [4.69, 9.17) is 5.26 Å². The predicted molar refractivity (Wildman–Crippen MR) is 58.3 cm³/mol. The first-order valence-electron chi connectivity index (χ1n) is 5.60. The van der Waals surface area contributed by atoms with E-state index in [0.29, 0.717) is 0 Å². The summed E-state index contributed by atoms with van der Waals surface area (Å²) in [5.74, 6) is -0.439. The summed E-state index contributed by atoms with van der Waals surface area (Å²) in [4.78, 5) is 24.8. The van der Waals surface area contributed by atoms with Crippen molar-refractivity contribution in [1.29, 1.82) is 5.26 Å². The Balaban J connectivity index is 2.40. The smallest absolute Gasteiger partial charge is 0.244 e. The van der Waals surface area contributed by atoms with Crippen molar-refractivity contribution < 1.29 is 9.59 Å². The fourth-order valence-electron chi connectivity index (χ4n) is 1.81. The van der Waals surface area contributed by atoms with E-state index in [1.54, 1.807) is 17.9 Å². The van der Waals surface area contributed by atoms with Gasteiger partial charge in [0.05, 0.1) is 6.07 Å². The normalized spacial score (nSPS) is 17.4. The van der Waals surface area contributed by atoms with Crippen molar-refractivity contribution in [3.63, 3.8) is 0 Å². The Hall–Kier alpha value is -1.57. The molecule has 0 aromatic rings. The molecule has 0 radical (unpaired) electrons. The van der Waals surface area contributed by atoms with Crippen LogP contribution in [-0.2, 0) is 9.59 Å². The van der Waals surface area contributed by atoms with Gasteiger partial charge in [-0.25, -0.2) is 0 Å². The molecule has 1 heterocycles. The minimum absolute atomic E-state index is 0.0500. The van der Waals surface area contributed by atoms with E-state index in [1.807, 2.05) is 0 Å². The molecule has 1 saturated heterocycles. The van der Waals surface area contributed by atoms with Gasteiger partial charge in [0.1, 0.15) is 12.5 Å². The molecule has 0 saturated carbocycles. The van der Waals surface area contributed by atoms with Gasteiger partial charge in [-0.15, -0.1) is 0 Å². The van der Waals surface area contributed by atoms with Crippen LogP contribution in [0.15, 0.2) is 0 Å². The minimum atomic E-state index is -0.529. The highest BCUT2D eigenvalue weighted by Gasteiger charge is 2.22. The number of rotatable bonds is 3. The number of piperidine rings is 1. The summed E-state index contributed by atoms with van der Waals surface area (Å²) in [5.41, 5.74) is 0. The molecule has 1 aliphatic rings. The Morgan fingerprint density at radius 1 is 1.38 bits per heavy atom. The van der Waals surface area contributed by atoms with Crippen LogP contribution in [0.5, 0.6) is 0 Å². The van der Waals surface area contributed by atoms with Crippen LogP contribution in [0.3, 0.4) is 0 Å². The quantitative estimate of drug-likeness (QED) is 0.753. The lowest BCUT2D eigenvalue weighted by atomic mass is 10.1. The molecule has 0 aromatic heterocycles. The number of likely N-dealkylation sites (tertiary alicyclic amines) is 1. The molecule has 0 aliphatic carbocycles. The Bertz CT molecular complexity index is 303. The molecule has 1 rings (SSSR count). The topological polar surface area (TPSA) is 73.2 Å². The third-order valence-electron chi connectivity index (χ3n) is 2.66. The van der Waals surface area contributed by atoms with Crippen molar-refractivity contribution in [3.05, 3.63) is 0 Å². The second-order valence-corrected chi connectivity index (χ2v) is 4.01. The standard InChI is InChI=1S/C11H17N3O2/c1-9(13-10(15)5-6-12)11(16)14-7-3-2-4-8-14/h9H,2-5,7-8H2,1H3,(H,13,15). The third kappa shape index (κ3) is 3.54. The molecule has 0 spiro atoms. The van der Waals surface area contributed by atoms with Crippen LogP contribution in [0.25, 0.3) is 0 Å². The number of nitrogens with one attached hydrogen (secondary N) is 1. The van der Waals surface area contributed by atoms with Crippen LogP contribution < -0.4 is 5.32 Å². The van der Waals surface area contributed by atoms with E-state index in [9.17, 15) is 9.59 Å². The van der Waals surface area contributed by atoms with Crippen LogP contribution in [0.4, 0.5) is 0 Å². The fourth-order valence-corrected chi connectivity index (χ4v) is 1.81. The molecular weight excluding hydrogens is 206 g/mol. The zero-order chi connectivity index (χ0) is 12.0. The lowest BCUT2D eigenvalue weighted by Gasteiger charge is -2.29. The van der Waals surface area contributed by atoms with Gasteiger partial charge >= 0.3 is 0 Å². The van der Waals surface area contributed by atoms with E-state index in [1.165, 1.54) is 6.42 Å². The van der Waals surface area contributed by atoms with Crippen LogP contribution >= 0.6 is 0 Å². The molecule has 1 fully saturated rings. The first-order valence-corrected chi connectivity index (χ1v) is 5.60. The maximum atomic E-state index is 11.9. The number of hydrogen-bond donors (Lipinski definition) is 1. The molecule has 1 aliphatic heterocycles. The SMILES string of the molecule is CC(NC(=O)CC#N)C(=O)N1CCCCC1. The maximum Gasteiger partial charge on any atom is 0.244 e. The molecule has 88 valence electrons. The van der Waals surface area contributed by atoms with E-state index in [0.717, 1.165) is 25.9 Å². The van der Waals surface area contributed by atoms with Gasteiger partial charge in [-0.3, -0.25) is 9.59 Å². The van der Waals surface area contributed by atoms with Crippen molar-refractivity contribution in [2.24, 2.45) is 0 Å². The molecule has 1 unspecified atom stereocenters. The van der Waals surface area contributed by atoms with Crippen molar-refractivity contribution in [3.8, 4) is 6.07 Å². The van der Waals surface area contributed by atoms with Crippen molar-refractivity contribution in [2.75, 3.05) is 13.1 Å². The van der Waals surface area contributed by atoms with E-state index < -0.39 is 6.04 Å². The lowest BCUT2D eigenvalue weighted by molar-refractivity contribution is -0.136. The molecule has 1 atom stereocenters. The summed E-state index contributed by atoms with van der Waals surface area (Å²) in [7, 11) is 0. The van der Waals surface area contributed by atoms with Gasteiger partial charge in [0.2, 0.25) is 11.8 Å². The van der Waals surface area contributed by atoms with Crippen molar-refractivity contribution in [2.45, 2.75) is 38.6 Å². The van der Waals surface area contributed by atoms with Crippen LogP contribution in [0, 0.1) is 11.3 Å². The van der Waals surface area contributed by atoms with Crippen LogP contribution in [0.1, 0.15) is 32.6 Å². The Labute approximate surface area is 95.4 Å². The van der Waals surface area contributed by atoms with Gasteiger partial charge in [-0.1, -0.05) is 0 Å². The average Bonchev–Trinajstić information content (AvgIpc) is 2.29. The third-order valence-corrected chi connectivity index (χ3v) is 2.66. The molecule has 5 heteroatoms. The number of nitriles is 1. The lowest BCUT2D eigenvalue weighted by Crippen LogP contribution is -2.48. The van der Waals surface area contributed by atoms with Crippen molar-refractivity contribution >= 4 is 11.8 Å². The van der Waals surface area contributed by atoms with Gasteiger partial charge in [-0.2, -0.15) is 5.26 Å². The number of nitrogens with zero attached hydrogens (tertiary/aromatic N) is 2.